The molecule has 0 aliphatic carbocycles. The van der Waals surface area contributed by atoms with Crippen molar-refractivity contribution in [3.8, 4) is 5.75 Å². The van der Waals surface area contributed by atoms with Crippen molar-refractivity contribution >= 4 is 28.9 Å². The molecule has 0 atom stereocenters. The summed E-state index contributed by atoms with van der Waals surface area (Å²) >= 11 is 0. The first kappa shape index (κ1) is 18.0. The van der Waals surface area contributed by atoms with Gasteiger partial charge in [-0.15, -0.1) is 0 Å². The quantitative estimate of drug-likeness (QED) is 0.477. The van der Waals surface area contributed by atoms with E-state index in [0.717, 1.165) is 11.3 Å². The highest BCUT2D eigenvalue weighted by molar-refractivity contribution is 5.82. The lowest BCUT2D eigenvalue weighted by molar-refractivity contribution is -0.122. The number of carbonyl (C=O) groups is 1. The van der Waals surface area contributed by atoms with E-state index in [1.165, 1.54) is 6.33 Å². The van der Waals surface area contributed by atoms with Gasteiger partial charge in [-0.25, -0.2) is 9.97 Å². The Bertz CT molecular complexity index is 917. The average molecular weight is 364 g/mol. The van der Waals surface area contributed by atoms with E-state index in [9.17, 15) is 4.79 Å². The zero-order chi connectivity index (χ0) is 19.1. The predicted molar refractivity (Wildman–Crippen MR) is 105 cm³/mol. The number of benzene rings is 2. The summed E-state index contributed by atoms with van der Waals surface area (Å²) in [6.45, 7) is 1.84. The minimum Gasteiger partial charge on any atom is -0.484 e. The summed E-state index contributed by atoms with van der Waals surface area (Å²) in [7, 11) is 0. The second-order valence-corrected chi connectivity index (χ2v) is 5.70. The standard InChI is InChI=1S/C19H20N6O2/c1-13-7-5-6-10-15(13)23-18-17(20)19(22-12-21-18)25-24-16(26)11-27-14-8-3-2-4-9-14/h2-10,12H,11,20H2,1H3,(H,24,26)(H2,21,22,23,25). The summed E-state index contributed by atoms with van der Waals surface area (Å²) < 4.78 is 5.37. The molecule has 0 radical (unpaired) electrons. The molecule has 0 aliphatic rings. The van der Waals surface area contributed by atoms with Gasteiger partial charge in [0.05, 0.1) is 0 Å². The maximum atomic E-state index is 11.9. The van der Waals surface area contributed by atoms with E-state index in [4.69, 9.17) is 10.5 Å². The third kappa shape index (κ3) is 4.85. The van der Waals surface area contributed by atoms with E-state index in [1.807, 2.05) is 49.4 Å². The number of hydrazine groups is 1. The van der Waals surface area contributed by atoms with Crippen LogP contribution in [0.4, 0.5) is 23.0 Å². The van der Waals surface area contributed by atoms with Crippen molar-refractivity contribution in [1.82, 2.24) is 15.4 Å². The minimum absolute atomic E-state index is 0.143. The van der Waals surface area contributed by atoms with Crippen LogP contribution in [0.5, 0.6) is 5.75 Å². The summed E-state index contributed by atoms with van der Waals surface area (Å²) in [5, 5.41) is 3.16. The van der Waals surface area contributed by atoms with Crippen molar-refractivity contribution < 1.29 is 9.53 Å². The van der Waals surface area contributed by atoms with Crippen LogP contribution in [-0.4, -0.2) is 22.5 Å². The number of amides is 1. The second-order valence-electron chi connectivity index (χ2n) is 5.70. The monoisotopic (exact) mass is 364 g/mol. The Kier molecular flexibility index (Phi) is 5.68. The average Bonchev–Trinajstić information content (AvgIpc) is 2.69. The fourth-order valence-electron chi connectivity index (χ4n) is 2.27. The number of hydrogen-bond donors (Lipinski definition) is 4. The lowest BCUT2D eigenvalue weighted by atomic mass is 10.2. The fraction of sp³-hybridized carbons (Fsp3) is 0.105. The number of ether oxygens (including phenoxy) is 1. The van der Waals surface area contributed by atoms with E-state index in [0.29, 0.717) is 11.6 Å². The van der Waals surface area contributed by atoms with E-state index in [-0.39, 0.29) is 24.0 Å². The van der Waals surface area contributed by atoms with Gasteiger partial charge in [0.25, 0.3) is 5.91 Å². The van der Waals surface area contributed by atoms with Crippen molar-refractivity contribution in [2.45, 2.75) is 6.92 Å². The van der Waals surface area contributed by atoms with Gasteiger partial charge in [0.15, 0.2) is 18.2 Å². The predicted octanol–water partition coefficient (Wildman–Crippen LogP) is 2.63. The lowest BCUT2D eigenvalue weighted by Gasteiger charge is -2.14. The van der Waals surface area contributed by atoms with Gasteiger partial charge in [0, 0.05) is 5.69 Å². The maximum absolute atomic E-state index is 11.9. The highest BCUT2D eigenvalue weighted by atomic mass is 16.5. The normalized spacial score (nSPS) is 10.1. The maximum Gasteiger partial charge on any atom is 0.276 e. The van der Waals surface area contributed by atoms with Crippen molar-refractivity contribution in [3.63, 3.8) is 0 Å². The zero-order valence-electron chi connectivity index (χ0n) is 14.8. The Morgan fingerprint density at radius 2 is 1.74 bits per heavy atom. The number of nitrogens with zero attached hydrogens (tertiary/aromatic N) is 2. The number of nitrogens with one attached hydrogen (secondary N) is 3. The number of nitrogens with two attached hydrogens (primary N) is 1. The number of carbonyl (C=O) groups excluding carboxylic acids is 1. The van der Waals surface area contributed by atoms with Crippen LogP contribution in [0.1, 0.15) is 5.56 Å². The summed E-state index contributed by atoms with van der Waals surface area (Å²) in [5.41, 5.74) is 13.5. The molecule has 27 heavy (non-hydrogen) atoms. The van der Waals surface area contributed by atoms with Crippen LogP contribution in [0.3, 0.4) is 0 Å². The molecule has 2 aromatic carbocycles. The third-order valence-electron chi connectivity index (χ3n) is 3.72. The molecule has 1 heterocycles. The Morgan fingerprint density at radius 1 is 1.04 bits per heavy atom. The molecule has 8 nitrogen and oxygen atoms in total. The molecule has 3 aromatic rings. The Hall–Kier alpha value is -3.81. The van der Waals surface area contributed by atoms with E-state index >= 15 is 0 Å². The van der Waals surface area contributed by atoms with Crippen LogP contribution < -0.4 is 26.6 Å². The van der Waals surface area contributed by atoms with Gasteiger partial charge in [-0.2, -0.15) is 0 Å². The summed E-state index contributed by atoms with van der Waals surface area (Å²) in [4.78, 5) is 20.1. The molecule has 0 spiro atoms. The number of aromatic nitrogens is 2. The van der Waals surface area contributed by atoms with Crippen LogP contribution in [0, 0.1) is 6.92 Å². The topological polar surface area (TPSA) is 114 Å². The van der Waals surface area contributed by atoms with Gasteiger partial charge < -0.3 is 15.8 Å². The van der Waals surface area contributed by atoms with E-state index in [2.05, 4.69) is 26.1 Å². The molecule has 3 rings (SSSR count). The van der Waals surface area contributed by atoms with Crippen LogP contribution in [0.25, 0.3) is 0 Å². The first-order chi connectivity index (χ1) is 13.1. The molecule has 0 unspecified atom stereocenters. The van der Waals surface area contributed by atoms with Gasteiger partial charge in [0.2, 0.25) is 0 Å². The molecule has 0 fully saturated rings. The minimum atomic E-state index is -0.370. The zero-order valence-corrected chi connectivity index (χ0v) is 14.8. The number of rotatable bonds is 7. The highest BCUT2D eigenvalue weighted by Crippen LogP contribution is 2.26. The molecule has 8 heteroatoms. The Balaban J connectivity index is 1.59. The molecule has 0 saturated carbocycles. The number of anilines is 4. The second kappa shape index (κ2) is 8.52. The Labute approximate surface area is 156 Å². The van der Waals surface area contributed by atoms with Crippen molar-refractivity contribution in [1.29, 1.82) is 0 Å². The molecule has 1 aromatic heterocycles. The van der Waals surface area contributed by atoms with Crippen LogP contribution in [0.15, 0.2) is 60.9 Å². The molecule has 0 saturated heterocycles. The first-order valence-corrected chi connectivity index (χ1v) is 8.29. The van der Waals surface area contributed by atoms with Gasteiger partial charge in [-0.3, -0.25) is 15.6 Å². The lowest BCUT2D eigenvalue weighted by Crippen LogP contribution is -2.34. The first-order valence-electron chi connectivity index (χ1n) is 8.29. The van der Waals surface area contributed by atoms with Crippen molar-refractivity contribution in [2.24, 2.45) is 0 Å². The fourth-order valence-corrected chi connectivity index (χ4v) is 2.27. The summed E-state index contributed by atoms with van der Waals surface area (Å²) in [6, 6.07) is 16.8. The molecular formula is C19H20N6O2. The van der Waals surface area contributed by atoms with Crippen LogP contribution in [0.2, 0.25) is 0 Å². The molecule has 0 aliphatic heterocycles. The van der Waals surface area contributed by atoms with E-state index < -0.39 is 0 Å². The number of para-hydroxylation sites is 2. The van der Waals surface area contributed by atoms with Crippen LogP contribution >= 0.6 is 0 Å². The van der Waals surface area contributed by atoms with Crippen molar-refractivity contribution in [2.75, 3.05) is 23.1 Å². The van der Waals surface area contributed by atoms with Gasteiger partial charge >= 0.3 is 0 Å². The number of hydrogen-bond acceptors (Lipinski definition) is 7. The Morgan fingerprint density at radius 3 is 2.52 bits per heavy atom. The molecule has 1 amide bonds. The summed E-state index contributed by atoms with van der Waals surface area (Å²) in [5.74, 6) is 0.968. The SMILES string of the molecule is Cc1ccccc1Nc1ncnc(NNC(=O)COc2ccccc2)c1N. The smallest absolute Gasteiger partial charge is 0.276 e. The van der Waals surface area contributed by atoms with E-state index in [1.54, 1.807) is 12.1 Å². The number of aryl methyl sites for hydroxylation is 1. The highest BCUT2D eigenvalue weighted by Gasteiger charge is 2.10. The largest absolute Gasteiger partial charge is 0.484 e. The van der Waals surface area contributed by atoms with Gasteiger partial charge in [-0.05, 0) is 30.7 Å². The third-order valence-corrected chi connectivity index (χ3v) is 3.72. The molecular weight excluding hydrogens is 344 g/mol. The molecule has 0 bridgehead atoms. The van der Waals surface area contributed by atoms with Crippen molar-refractivity contribution in [3.05, 3.63) is 66.5 Å². The van der Waals surface area contributed by atoms with Crippen LogP contribution in [-0.2, 0) is 4.79 Å². The van der Waals surface area contributed by atoms with Gasteiger partial charge in [0.1, 0.15) is 17.8 Å². The molecule has 5 N–H and O–H groups in total. The molecule has 138 valence electrons. The summed E-state index contributed by atoms with van der Waals surface area (Å²) in [6.07, 6.45) is 1.35. The number of nitrogen functional groups attached to an aromatic ring is 1. The van der Waals surface area contributed by atoms with Gasteiger partial charge in [-0.1, -0.05) is 36.4 Å².